The molecule has 132 valence electrons. The van der Waals surface area contributed by atoms with Crippen LogP contribution in [0.5, 0.6) is 23.0 Å². The van der Waals surface area contributed by atoms with Crippen LogP contribution in [-0.4, -0.2) is 42.3 Å². The summed E-state index contributed by atoms with van der Waals surface area (Å²) in [6, 6.07) is 9.89. The summed E-state index contributed by atoms with van der Waals surface area (Å²) in [7, 11) is 4.62. The van der Waals surface area contributed by atoms with Crippen molar-refractivity contribution < 1.29 is 24.5 Å². The quantitative estimate of drug-likeness (QED) is 0.789. The van der Waals surface area contributed by atoms with Crippen molar-refractivity contribution in [1.29, 1.82) is 0 Å². The van der Waals surface area contributed by atoms with Crippen LogP contribution in [0.2, 0.25) is 0 Å². The Morgan fingerprint density at radius 1 is 1.04 bits per heavy atom. The summed E-state index contributed by atoms with van der Waals surface area (Å²) in [6.07, 6.45) is 3.04. The lowest BCUT2D eigenvalue weighted by molar-refractivity contribution is -0.125. The number of hydrogen-bond acceptors (Lipinski definition) is 5. The van der Waals surface area contributed by atoms with Crippen molar-refractivity contribution in [3.05, 3.63) is 53.6 Å². The van der Waals surface area contributed by atoms with Gasteiger partial charge in [0.05, 0.1) is 14.2 Å². The van der Waals surface area contributed by atoms with Gasteiger partial charge >= 0.3 is 0 Å². The Hall–Kier alpha value is -3.15. The number of carbonyl (C=O) groups excluding carboxylic acids is 1. The number of aromatic hydroxyl groups is 2. The Morgan fingerprint density at radius 3 is 2.20 bits per heavy atom. The third kappa shape index (κ3) is 4.67. The Labute approximate surface area is 146 Å². The molecule has 2 N–H and O–H groups in total. The monoisotopic (exact) mass is 343 g/mol. The summed E-state index contributed by atoms with van der Waals surface area (Å²) in [6.45, 7) is 0.342. The van der Waals surface area contributed by atoms with Gasteiger partial charge in [-0.1, -0.05) is 12.1 Å². The van der Waals surface area contributed by atoms with Crippen LogP contribution < -0.4 is 9.47 Å². The number of phenolic OH excluding ortho intramolecular Hbond substituents is 2. The highest BCUT2D eigenvalue weighted by atomic mass is 16.5. The summed E-state index contributed by atoms with van der Waals surface area (Å²) in [5, 5.41) is 19.5. The van der Waals surface area contributed by atoms with Crippen LogP contribution in [0.3, 0.4) is 0 Å². The smallest absolute Gasteiger partial charge is 0.246 e. The average Bonchev–Trinajstić information content (AvgIpc) is 2.60. The fourth-order valence-electron chi connectivity index (χ4n) is 2.29. The zero-order chi connectivity index (χ0) is 18.4. The Bertz CT molecular complexity index is 785. The molecule has 0 aromatic heterocycles. The Morgan fingerprint density at radius 2 is 1.64 bits per heavy atom. The van der Waals surface area contributed by atoms with Crippen molar-refractivity contribution in [3.8, 4) is 23.0 Å². The van der Waals surface area contributed by atoms with Gasteiger partial charge in [0.15, 0.2) is 23.0 Å². The van der Waals surface area contributed by atoms with E-state index >= 15 is 0 Å². The molecule has 0 fully saturated rings. The van der Waals surface area contributed by atoms with Crippen LogP contribution in [0, 0.1) is 0 Å². The number of ether oxygens (including phenoxy) is 2. The first-order valence-electron chi connectivity index (χ1n) is 7.60. The van der Waals surface area contributed by atoms with E-state index in [1.165, 1.54) is 31.3 Å². The lowest BCUT2D eigenvalue weighted by Gasteiger charge is -2.16. The van der Waals surface area contributed by atoms with E-state index in [2.05, 4.69) is 0 Å². The van der Waals surface area contributed by atoms with Crippen molar-refractivity contribution in [3.63, 3.8) is 0 Å². The van der Waals surface area contributed by atoms with Gasteiger partial charge in [-0.25, -0.2) is 0 Å². The summed E-state index contributed by atoms with van der Waals surface area (Å²) >= 11 is 0. The van der Waals surface area contributed by atoms with Gasteiger partial charge < -0.3 is 24.6 Å². The van der Waals surface area contributed by atoms with Gasteiger partial charge in [-0.3, -0.25) is 4.79 Å². The Kier molecular flexibility index (Phi) is 5.89. The van der Waals surface area contributed by atoms with E-state index in [9.17, 15) is 15.0 Å². The molecule has 0 saturated heterocycles. The minimum absolute atomic E-state index is 0.0131. The second-order valence-corrected chi connectivity index (χ2v) is 5.47. The molecule has 0 radical (unpaired) electrons. The van der Waals surface area contributed by atoms with E-state index in [0.717, 1.165) is 5.56 Å². The molecule has 0 unspecified atom stereocenters. The predicted octanol–water partition coefficient (Wildman–Crippen LogP) is 2.79. The molecular formula is C19H21NO5. The number of nitrogens with zero attached hydrogens (tertiary/aromatic N) is 1. The molecule has 0 heterocycles. The van der Waals surface area contributed by atoms with Crippen LogP contribution in [0.4, 0.5) is 0 Å². The molecule has 6 nitrogen and oxygen atoms in total. The van der Waals surface area contributed by atoms with E-state index in [0.29, 0.717) is 23.6 Å². The second kappa shape index (κ2) is 8.10. The number of rotatable bonds is 6. The number of phenols is 2. The van der Waals surface area contributed by atoms with Crippen LogP contribution in [0.1, 0.15) is 11.1 Å². The van der Waals surface area contributed by atoms with Crippen molar-refractivity contribution >= 4 is 12.0 Å². The fourth-order valence-corrected chi connectivity index (χ4v) is 2.29. The second-order valence-electron chi connectivity index (χ2n) is 5.47. The summed E-state index contributed by atoms with van der Waals surface area (Å²) in [5.41, 5.74) is 1.46. The van der Waals surface area contributed by atoms with Crippen molar-refractivity contribution in [2.75, 3.05) is 21.3 Å². The zero-order valence-electron chi connectivity index (χ0n) is 14.4. The number of methoxy groups -OCH3 is 2. The normalized spacial score (nSPS) is 10.7. The van der Waals surface area contributed by atoms with Gasteiger partial charge in [0, 0.05) is 19.7 Å². The van der Waals surface area contributed by atoms with Crippen LogP contribution in [0.15, 0.2) is 42.5 Å². The molecule has 0 aliphatic rings. The number of likely N-dealkylation sites (N-methyl/N-ethyl adjacent to an activating group) is 1. The minimum Gasteiger partial charge on any atom is -0.504 e. The van der Waals surface area contributed by atoms with Gasteiger partial charge in [0.25, 0.3) is 0 Å². The zero-order valence-corrected chi connectivity index (χ0v) is 14.4. The first-order valence-corrected chi connectivity index (χ1v) is 7.60. The molecule has 2 rings (SSSR count). The minimum atomic E-state index is -0.203. The maximum absolute atomic E-state index is 12.2. The highest BCUT2D eigenvalue weighted by molar-refractivity contribution is 5.91. The summed E-state index contributed by atoms with van der Waals surface area (Å²) in [4.78, 5) is 13.7. The van der Waals surface area contributed by atoms with Crippen LogP contribution in [0.25, 0.3) is 6.08 Å². The topological polar surface area (TPSA) is 79.2 Å². The fraction of sp³-hybridized carbons (Fsp3) is 0.211. The van der Waals surface area contributed by atoms with E-state index in [1.54, 1.807) is 43.5 Å². The number of hydrogen-bond donors (Lipinski definition) is 2. The molecule has 2 aromatic rings. The standard InChI is InChI=1S/C19H21NO5/c1-20(12-14-5-8-18(25-3)16(22)11-14)19(23)9-6-13-4-7-17(24-2)15(21)10-13/h4-11,21-22H,12H2,1-3H3/b9-6+. The van der Waals surface area contributed by atoms with Crippen molar-refractivity contribution in [2.45, 2.75) is 6.54 Å². The third-order valence-corrected chi connectivity index (χ3v) is 3.66. The number of amides is 1. The third-order valence-electron chi connectivity index (χ3n) is 3.66. The van der Waals surface area contributed by atoms with Gasteiger partial charge in [-0.15, -0.1) is 0 Å². The van der Waals surface area contributed by atoms with Crippen molar-refractivity contribution in [2.24, 2.45) is 0 Å². The number of carbonyl (C=O) groups is 1. The molecule has 0 aliphatic carbocycles. The molecule has 0 spiro atoms. The SMILES string of the molecule is COc1ccc(/C=C/C(=O)N(C)Cc2ccc(OC)c(O)c2)cc1O. The molecule has 0 atom stereocenters. The molecule has 25 heavy (non-hydrogen) atoms. The van der Waals surface area contributed by atoms with Crippen molar-refractivity contribution in [1.82, 2.24) is 4.90 Å². The first-order chi connectivity index (χ1) is 11.9. The highest BCUT2D eigenvalue weighted by Crippen LogP contribution is 2.27. The molecular weight excluding hydrogens is 322 g/mol. The molecule has 0 bridgehead atoms. The molecule has 1 amide bonds. The molecule has 6 heteroatoms. The van der Waals surface area contributed by atoms with E-state index in [4.69, 9.17) is 9.47 Å². The maximum Gasteiger partial charge on any atom is 0.246 e. The van der Waals surface area contributed by atoms with Gasteiger partial charge in [0.2, 0.25) is 5.91 Å². The molecule has 0 aliphatic heterocycles. The summed E-state index contributed by atoms with van der Waals surface area (Å²) < 4.78 is 9.97. The lowest BCUT2D eigenvalue weighted by atomic mass is 10.1. The van der Waals surface area contributed by atoms with E-state index in [1.807, 2.05) is 0 Å². The molecule has 0 saturated carbocycles. The van der Waals surface area contributed by atoms with E-state index in [-0.39, 0.29) is 17.4 Å². The van der Waals surface area contributed by atoms with Gasteiger partial charge in [0.1, 0.15) is 0 Å². The average molecular weight is 343 g/mol. The van der Waals surface area contributed by atoms with Crippen LogP contribution >= 0.6 is 0 Å². The van der Waals surface area contributed by atoms with Crippen LogP contribution in [-0.2, 0) is 11.3 Å². The summed E-state index contributed by atoms with van der Waals surface area (Å²) in [5.74, 6) is 0.603. The first kappa shape index (κ1) is 18.2. The van der Waals surface area contributed by atoms with Gasteiger partial charge in [-0.2, -0.15) is 0 Å². The highest BCUT2D eigenvalue weighted by Gasteiger charge is 2.09. The maximum atomic E-state index is 12.2. The lowest BCUT2D eigenvalue weighted by Crippen LogP contribution is -2.24. The van der Waals surface area contributed by atoms with E-state index < -0.39 is 0 Å². The number of benzene rings is 2. The van der Waals surface area contributed by atoms with Gasteiger partial charge in [-0.05, 0) is 41.5 Å². The largest absolute Gasteiger partial charge is 0.504 e. The Balaban J connectivity index is 2.02. The molecule has 2 aromatic carbocycles. The predicted molar refractivity (Wildman–Crippen MR) is 94.8 cm³/mol.